The largest absolute Gasteiger partial charge is 0.473 e. The van der Waals surface area contributed by atoms with Gasteiger partial charge in [0.1, 0.15) is 6.10 Å². The van der Waals surface area contributed by atoms with E-state index in [1.807, 2.05) is 60.7 Å². The van der Waals surface area contributed by atoms with E-state index in [4.69, 9.17) is 24.5 Å². The van der Waals surface area contributed by atoms with Crippen molar-refractivity contribution < 1.29 is 29.3 Å². The lowest BCUT2D eigenvalue weighted by Gasteiger charge is -2.31. The van der Waals surface area contributed by atoms with Crippen LogP contribution in [-0.2, 0) is 20.9 Å². The van der Waals surface area contributed by atoms with Crippen LogP contribution in [0.4, 0.5) is 10.5 Å². The smallest absolute Gasteiger partial charge is 0.414 e. The Morgan fingerprint density at radius 1 is 0.889 bits per heavy atom. The van der Waals surface area contributed by atoms with Gasteiger partial charge >= 0.3 is 18.0 Å². The molecule has 1 aliphatic heterocycles. The van der Waals surface area contributed by atoms with Gasteiger partial charge in [0.25, 0.3) is 0 Å². The molecule has 8 nitrogen and oxygen atoms in total. The Morgan fingerprint density at radius 2 is 1.53 bits per heavy atom. The lowest BCUT2D eigenvalue weighted by molar-refractivity contribution is -0.159. The molecule has 1 fully saturated rings. The van der Waals surface area contributed by atoms with Crippen molar-refractivity contribution in [3.8, 4) is 11.1 Å². The number of aliphatic carboxylic acids is 2. The molecule has 1 amide bonds. The number of anilines is 1. The number of hydrogen-bond donors (Lipinski definition) is 3. The third-order valence-corrected chi connectivity index (χ3v) is 6.03. The minimum absolute atomic E-state index is 0.0485. The number of rotatable bonds is 5. The van der Waals surface area contributed by atoms with Crippen molar-refractivity contribution in [1.29, 1.82) is 0 Å². The Hall–Kier alpha value is -3.69. The first-order valence-corrected chi connectivity index (χ1v) is 12.2. The lowest BCUT2D eigenvalue weighted by atomic mass is 10.0. The maximum atomic E-state index is 12.5. The number of benzene rings is 3. The van der Waals surface area contributed by atoms with Gasteiger partial charge < -0.3 is 14.9 Å². The third kappa shape index (κ3) is 8.51. The summed E-state index contributed by atoms with van der Waals surface area (Å²) in [6.45, 7) is 2.76. The fourth-order valence-electron chi connectivity index (χ4n) is 3.83. The second kappa shape index (κ2) is 13.4. The summed E-state index contributed by atoms with van der Waals surface area (Å²) < 4.78 is 6.82. The van der Waals surface area contributed by atoms with Crippen LogP contribution in [0.15, 0.2) is 83.3 Å². The number of amides is 1. The normalized spacial score (nSPS) is 13.7. The van der Waals surface area contributed by atoms with Gasteiger partial charge in [-0.05, 0) is 42.2 Å². The number of ether oxygens (including phenoxy) is 1. The van der Waals surface area contributed by atoms with Crippen LogP contribution in [0.5, 0.6) is 0 Å². The molecule has 0 bridgehead atoms. The van der Waals surface area contributed by atoms with E-state index < -0.39 is 11.9 Å². The first-order valence-electron chi connectivity index (χ1n) is 11.4. The maximum absolute atomic E-state index is 12.5. The number of nitrogens with zero attached hydrogens (tertiary/aromatic N) is 1. The number of carbonyl (C=O) groups excluding carboxylic acids is 1. The van der Waals surface area contributed by atoms with E-state index in [0.29, 0.717) is 0 Å². The van der Waals surface area contributed by atoms with Crippen LogP contribution in [0, 0.1) is 0 Å². The molecule has 1 saturated heterocycles. The molecule has 9 heteroatoms. The van der Waals surface area contributed by atoms with Gasteiger partial charge in [0.2, 0.25) is 0 Å². The van der Waals surface area contributed by atoms with Gasteiger partial charge in [-0.1, -0.05) is 76.6 Å². The highest BCUT2D eigenvalue weighted by atomic mass is 79.9. The molecule has 0 saturated carbocycles. The summed E-state index contributed by atoms with van der Waals surface area (Å²) in [5.41, 5.74) is 4.10. The van der Waals surface area contributed by atoms with Crippen LogP contribution >= 0.6 is 15.9 Å². The number of carboxylic acids is 2. The predicted molar refractivity (Wildman–Crippen MR) is 140 cm³/mol. The first kappa shape index (κ1) is 26.9. The van der Waals surface area contributed by atoms with Crippen molar-refractivity contribution >= 4 is 39.6 Å². The zero-order chi connectivity index (χ0) is 25.9. The second-order valence-corrected chi connectivity index (χ2v) is 9.07. The monoisotopic (exact) mass is 554 g/mol. The Kier molecular flexibility index (Phi) is 10.0. The molecule has 1 heterocycles. The molecule has 3 aromatic carbocycles. The number of carboxylic acid groups (broad SMARTS) is 2. The molecule has 36 heavy (non-hydrogen) atoms. The third-order valence-electron chi connectivity index (χ3n) is 5.54. The van der Waals surface area contributed by atoms with E-state index in [-0.39, 0.29) is 12.2 Å². The van der Waals surface area contributed by atoms with E-state index >= 15 is 0 Å². The fraction of sp³-hybridized carbons (Fsp3) is 0.222. The number of hydrogen-bond acceptors (Lipinski definition) is 5. The molecular weight excluding hydrogens is 528 g/mol. The molecule has 0 radical (unpaired) electrons. The quantitative estimate of drug-likeness (QED) is 0.357. The molecule has 1 aliphatic rings. The van der Waals surface area contributed by atoms with Crippen LogP contribution in [-0.4, -0.2) is 52.3 Å². The second-order valence-electron chi connectivity index (χ2n) is 8.16. The zero-order valence-electron chi connectivity index (χ0n) is 19.5. The van der Waals surface area contributed by atoms with Gasteiger partial charge in [-0.25, -0.2) is 14.4 Å². The minimum Gasteiger partial charge on any atom is -0.473 e. The van der Waals surface area contributed by atoms with Crippen LogP contribution in [0.1, 0.15) is 18.4 Å². The molecule has 0 aliphatic carbocycles. The molecule has 188 valence electrons. The molecule has 0 atom stereocenters. The Labute approximate surface area is 217 Å². The molecule has 0 aromatic heterocycles. The highest BCUT2D eigenvalue weighted by Crippen LogP contribution is 2.28. The average Bonchev–Trinajstić information content (AvgIpc) is 2.86. The zero-order valence-corrected chi connectivity index (χ0v) is 21.1. The summed E-state index contributed by atoms with van der Waals surface area (Å²) in [4.78, 5) is 33.1. The summed E-state index contributed by atoms with van der Waals surface area (Å²) in [5, 5.41) is 17.7. The van der Waals surface area contributed by atoms with Gasteiger partial charge in [0, 0.05) is 29.7 Å². The van der Waals surface area contributed by atoms with Crippen molar-refractivity contribution in [3.05, 3.63) is 88.9 Å². The van der Waals surface area contributed by atoms with Crippen molar-refractivity contribution in [2.45, 2.75) is 25.5 Å². The molecule has 0 spiro atoms. The Balaban J connectivity index is 0.000000538. The number of piperidine rings is 1. The summed E-state index contributed by atoms with van der Waals surface area (Å²) in [6, 6.07) is 26.2. The van der Waals surface area contributed by atoms with Crippen molar-refractivity contribution in [3.63, 3.8) is 0 Å². The van der Waals surface area contributed by atoms with Gasteiger partial charge in [-0.2, -0.15) is 0 Å². The highest BCUT2D eigenvalue weighted by molar-refractivity contribution is 9.10. The maximum Gasteiger partial charge on any atom is 0.414 e. The number of halogens is 1. The minimum atomic E-state index is -1.82. The molecule has 4 rings (SSSR count). The van der Waals surface area contributed by atoms with Crippen LogP contribution in [0.25, 0.3) is 11.1 Å². The van der Waals surface area contributed by atoms with Crippen molar-refractivity contribution in [1.82, 2.24) is 4.90 Å². The molecule has 0 unspecified atom stereocenters. The number of carbonyl (C=O) groups is 3. The Bertz CT molecular complexity index is 1170. The lowest BCUT2D eigenvalue weighted by Crippen LogP contribution is -2.38. The summed E-state index contributed by atoms with van der Waals surface area (Å²) >= 11 is 3.53. The van der Waals surface area contributed by atoms with E-state index in [1.165, 1.54) is 5.56 Å². The van der Waals surface area contributed by atoms with Crippen molar-refractivity contribution in [2.75, 3.05) is 18.4 Å². The topological polar surface area (TPSA) is 116 Å². The number of likely N-dealkylation sites (tertiary alicyclic amines) is 1. The summed E-state index contributed by atoms with van der Waals surface area (Å²) in [5.74, 6) is -3.65. The summed E-state index contributed by atoms with van der Waals surface area (Å²) in [7, 11) is 0. The van der Waals surface area contributed by atoms with E-state index in [9.17, 15) is 4.79 Å². The average molecular weight is 555 g/mol. The van der Waals surface area contributed by atoms with Gasteiger partial charge in [0.05, 0.1) is 5.69 Å². The highest BCUT2D eigenvalue weighted by Gasteiger charge is 2.23. The van der Waals surface area contributed by atoms with Gasteiger partial charge in [-0.15, -0.1) is 0 Å². The number of para-hydroxylation sites is 1. The van der Waals surface area contributed by atoms with Gasteiger partial charge in [-0.3, -0.25) is 10.2 Å². The standard InChI is InChI=1S/C25H25BrN2O2.C2H2O4/c26-21-10-6-7-19(17-21)18-28-15-13-22(14-16-28)30-25(29)27-24-12-5-4-11-23(24)20-8-2-1-3-9-20;3-1(4)2(5)6/h1-12,17,22H,13-16,18H2,(H,27,29);(H,3,4)(H,5,6). The van der Waals surface area contributed by atoms with E-state index in [0.717, 1.165) is 53.8 Å². The molecule has 3 aromatic rings. The Morgan fingerprint density at radius 3 is 2.17 bits per heavy atom. The predicted octanol–water partition coefficient (Wildman–Crippen LogP) is 5.48. The van der Waals surface area contributed by atoms with Crippen LogP contribution in [0.2, 0.25) is 0 Å². The first-order chi connectivity index (χ1) is 17.3. The molecular formula is C27H27BrN2O6. The van der Waals surface area contributed by atoms with E-state index in [1.54, 1.807) is 0 Å². The number of nitrogens with one attached hydrogen (secondary N) is 1. The summed E-state index contributed by atoms with van der Waals surface area (Å²) in [6.07, 6.45) is 1.26. The van der Waals surface area contributed by atoms with Gasteiger partial charge in [0.15, 0.2) is 0 Å². The SMILES string of the molecule is O=C(Nc1ccccc1-c1ccccc1)OC1CCN(Cc2cccc(Br)c2)CC1.O=C(O)C(=O)O. The van der Waals surface area contributed by atoms with E-state index in [2.05, 4.69) is 44.3 Å². The van der Waals surface area contributed by atoms with Crippen LogP contribution in [0.3, 0.4) is 0 Å². The molecule has 3 N–H and O–H groups in total. The fourth-order valence-corrected chi connectivity index (χ4v) is 4.28. The van der Waals surface area contributed by atoms with Crippen molar-refractivity contribution in [2.24, 2.45) is 0 Å². The van der Waals surface area contributed by atoms with Crippen LogP contribution < -0.4 is 5.32 Å².